The number of benzene rings is 3. The van der Waals surface area contributed by atoms with E-state index in [1.807, 2.05) is 97.9 Å². The number of nitrogens with zero attached hydrogens (tertiary/aromatic N) is 2. The first-order valence-corrected chi connectivity index (χ1v) is 11.0. The van der Waals surface area contributed by atoms with Crippen molar-refractivity contribution in [3.8, 4) is 0 Å². The third kappa shape index (κ3) is 4.37. The van der Waals surface area contributed by atoms with Crippen molar-refractivity contribution in [3.05, 3.63) is 111 Å². The molecule has 1 amide bonds. The van der Waals surface area contributed by atoms with E-state index in [0.29, 0.717) is 11.3 Å². The van der Waals surface area contributed by atoms with Crippen molar-refractivity contribution in [2.45, 2.75) is 6.92 Å². The Morgan fingerprint density at radius 1 is 0.867 bits per heavy atom. The Balaban J connectivity index is 1.81. The van der Waals surface area contributed by atoms with Gasteiger partial charge < -0.3 is 0 Å². The lowest BCUT2D eigenvalue weighted by Gasteiger charge is -2.13. The van der Waals surface area contributed by atoms with Crippen LogP contribution in [0.3, 0.4) is 0 Å². The molecule has 1 aliphatic heterocycles. The van der Waals surface area contributed by atoms with E-state index in [2.05, 4.69) is 37.0 Å². The summed E-state index contributed by atoms with van der Waals surface area (Å²) in [5.41, 5.74) is 4.91. The second-order valence-corrected chi connectivity index (χ2v) is 8.65. The zero-order valence-corrected chi connectivity index (χ0v) is 19.4. The first kappa shape index (κ1) is 20.5. The molecule has 0 spiro atoms. The molecule has 5 heteroatoms. The van der Waals surface area contributed by atoms with Crippen molar-refractivity contribution >= 4 is 60.8 Å². The Labute approximate surface area is 192 Å². The van der Waals surface area contributed by atoms with Crippen LogP contribution >= 0.6 is 31.9 Å². The number of allylic oxidation sites excluding steroid dienone is 2. The minimum atomic E-state index is -0.128. The molecule has 4 rings (SSSR count). The van der Waals surface area contributed by atoms with Crippen LogP contribution in [0.4, 0.5) is 5.69 Å². The molecule has 0 radical (unpaired) electrons. The molecule has 0 aromatic heterocycles. The van der Waals surface area contributed by atoms with Crippen LogP contribution in [0.2, 0.25) is 0 Å². The van der Waals surface area contributed by atoms with Gasteiger partial charge in [0.2, 0.25) is 0 Å². The summed E-state index contributed by atoms with van der Waals surface area (Å²) in [6.07, 6.45) is 4.01. The Kier molecular flexibility index (Phi) is 6.11. The van der Waals surface area contributed by atoms with Crippen molar-refractivity contribution < 1.29 is 4.79 Å². The summed E-state index contributed by atoms with van der Waals surface area (Å²) in [6.45, 7) is 1.88. The highest BCUT2D eigenvalue weighted by Crippen LogP contribution is 2.31. The highest BCUT2D eigenvalue weighted by atomic mass is 79.9. The maximum atomic E-state index is 13.4. The summed E-state index contributed by atoms with van der Waals surface area (Å²) >= 11 is 6.95. The molecule has 1 heterocycles. The van der Waals surface area contributed by atoms with Gasteiger partial charge in [-0.15, -0.1) is 0 Å². The molecule has 148 valence electrons. The molecule has 30 heavy (non-hydrogen) atoms. The molecule has 3 aromatic carbocycles. The minimum Gasteiger partial charge on any atom is -0.267 e. The van der Waals surface area contributed by atoms with Crippen LogP contribution in [0.25, 0.3) is 11.6 Å². The highest BCUT2D eigenvalue weighted by molar-refractivity contribution is 9.10. The molecular formula is C25H18Br2N2O. The largest absolute Gasteiger partial charge is 0.281 e. The number of hydrazone groups is 1. The number of anilines is 1. The molecule has 0 saturated heterocycles. The first-order chi connectivity index (χ1) is 14.5. The zero-order valence-electron chi connectivity index (χ0n) is 16.2. The van der Waals surface area contributed by atoms with Crippen LogP contribution in [0.5, 0.6) is 0 Å². The Morgan fingerprint density at radius 3 is 2.10 bits per heavy atom. The Morgan fingerprint density at radius 2 is 1.47 bits per heavy atom. The summed E-state index contributed by atoms with van der Waals surface area (Å²) in [5.74, 6) is -0.128. The Bertz CT molecular complexity index is 1160. The minimum absolute atomic E-state index is 0.128. The monoisotopic (exact) mass is 520 g/mol. The van der Waals surface area contributed by atoms with Crippen molar-refractivity contribution in [3.63, 3.8) is 0 Å². The van der Waals surface area contributed by atoms with E-state index in [1.54, 1.807) is 0 Å². The fraction of sp³-hybridized carbons (Fsp3) is 0.0400. The number of rotatable bonds is 4. The molecule has 1 aliphatic rings. The maximum absolute atomic E-state index is 13.4. The number of carbonyl (C=O) groups excluding carboxylic acids is 1. The number of para-hydroxylation sites is 1. The summed E-state index contributed by atoms with van der Waals surface area (Å²) in [7, 11) is 0. The predicted molar refractivity (Wildman–Crippen MR) is 131 cm³/mol. The Hall–Kier alpha value is -2.76. The van der Waals surface area contributed by atoms with Gasteiger partial charge in [-0.25, -0.2) is 0 Å². The molecule has 0 fully saturated rings. The number of carbonyl (C=O) groups is 1. The van der Waals surface area contributed by atoms with E-state index in [9.17, 15) is 4.79 Å². The average molecular weight is 522 g/mol. The zero-order chi connectivity index (χ0) is 21.1. The second kappa shape index (κ2) is 8.94. The molecule has 0 N–H and O–H groups in total. The quantitative estimate of drug-likeness (QED) is 0.337. The van der Waals surface area contributed by atoms with Gasteiger partial charge in [0, 0.05) is 8.95 Å². The van der Waals surface area contributed by atoms with Gasteiger partial charge in [-0.1, -0.05) is 86.5 Å². The summed E-state index contributed by atoms with van der Waals surface area (Å²) < 4.78 is 2.01. The van der Waals surface area contributed by atoms with Crippen molar-refractivity contribution in [1.29, 1.82) is 0 Å². The third-order valence-electron chi connectivity index (χ3n) is 4.76. The SMILES string of the molecule is CC1=NN(c2ccccc2)C(=O)/C1=C(\C=C\c1ccc(Br)cc1)c1ccc(Br)cc1. The third-order valence-corrected chi connectivity index (χ3v) is 5.81. The molecule has 3 aromatic rings. The molecule has 0 aliphatic carbocycles. The number of amides is 1. The lowest BCUT2D eigenvalue weighted by Crippen LogP contribution is -2.21. The van der Waals surface area contributed by atoms with Crippen molar-refractivity contribution in [2.75, 3.05) is 5.01 Å². The lowest BCUT2D eigenvalue weighted by molar-refractivity contribution is -0.114. The summed E-state index contributed by atoms with van der Waals surface area (Å²) in [4.78, 5) is 13.4. The van der Waals surface area contributed by atoms with Crippen LogP contribution in [0.1, 0.15) is 18.1 Å². The molecule has 0 unspecified atom stereocenters. The van der Waals surface area contributed by atoms with Crippen LogP contribution in [-0.4, -0.2) is 11.6 Å². The fourth-order valence-electron chi connectivity index (χ4n) is 3.27. The lowest BCUT2D eigenvalue weighted by atomic mass is 9.96. The maximum Gasteiger partial charge on any atom is 0.281 e. The van der Waals surface area contributed by atoms with Crippen LogP contribution in [-0.2, 0) is 4.79 Å². The highest BCUT2D eigenvalue weighted by Gasteiger charge is 2.31. The molecule has 0 bridgehead atoms. The van der Waals surface area contributed by atoms with E-state index in [-0.39, 0.29) is 5.91 Å². The van der Waals surface area contributed by atoms with Gasteiger partial charge >= 0.3 is 0 Å². The topological polar surface area (TPSA) is 32.7 Å². The van der Waals surface area contributed by atoms with E-state index in [1.165, 1.54) is 5.01 Å². The van der Waals surface area contributed by atoms with E-state index >= 15 is 0 Å². The average Bonchev–Trinajstić information content (AvgIpc) is 3.06. The van der Waals surface area contributed by atoms with Gasteiger partial charge in [-0.2, -0.15) is 10.1 Å². The molecule has 3 nitrogen and oxygen atoms in total. The van der Waals surface area contributed by atoms with Crippen molar-refractivity contribution in [2.24, 2.45) is 5.10 Å². The first-order valence-electron chi connectivity index (χ1n) is 9.42. The molecule has 0 atom stereocenters. The van der Waals surface area contributed by atoms with E-state index < -0.39 is 0 Å². The van der Waals surface area contributed by atoms with Crippen LogP contribution < -0.4 is 5.01 Å². The van der Waals surface area contributed by atoms with Gasteiger partial charge in [-0.3, -0.25) is 4.79 Å². The van der Waals surface area contributed by atoms with Gasteiger partial charge in [0.15, 0.2) is 0 Å². The standard InChI is InChI=1S/C25H18Br2N2O/c1-17-24(25(30)29(28-17)22-5-3-2-4-6-22)23(19-10-14-21(27)15-11-19)16-9-18-7-12-20(26)13-8-18/h2-16H,1H3/b16-9+,24-23+. The van der Waals surface area contributed by atoms with Crippen LogP contribution in [0.15, 0.2) is 105 Å². The van der Waals surface area contributed by atoms with E-state index in [4.69, 9.17) is 0 Å². The van der Waals surface area contributed by atoms with Gasteiger partial charge in [0.25, 0.3) is 5.91 Å². The number of hydrogen-bond acceptors (Lipinski definition) is 2. The molecular weight excluding hydrogens is 504 g/mol. The molecule has 0 saturated carbocycles. The fourth-order valence-corrected chi connectivity index (χ4v) is 3.80. The summed E-state index contributed by atoms with van der Waals surface area (Å²) in [6, 6.07) is 25.5. The number of hydrogen-bond donors (Lipinski definition) is 0. The number of halogens is 2. The predicted octanol–water partition coefficient (Wildman–Crippen LogP) is 7.10. The van der Waals surface area contributed by atoms with Crippen molar-refractivity contribution in [1.82, 2.24) is 0 Å². The van der Waals surface area contributed by atoms with Gasteiger partial charge in [0.1, 0.15) is 0 Å². The second-order valence-electron chi connectivity index (χ2n) is 6.82. The normalized spacial score (nSPS) is 15.6. The van der Waals surface area contributed by atoms with Gasteiger partial charge in [-0.05, 0) is 60.0 Å². The van der Waals surface area contributed by atoms with E-state index in [0.717, 1.165) is 31.3 Å². The van der Waals surface area contributed by atoms with Crippen LogP contribution in [0, 0.1) is 0 Å². The summed E-state index contributed by atoms with van der Waals surface area (Å²) in [5, 5.41) is 6.01. The van der Waals surface area contributed by atoms with Gasteiger partial charge in [0.05, 0.1) is 17.0 Å². The smallest absolute Gasteiger partial charge is 0.267 e.